The zero-order valence-corrected chi connectivity index (χ0v) is 42.0. The number of nitrogens with zero attached hydrogens (tertiary/aromatic N) is 1. The molecule has 7 aromatic rings. The van der Waals surface area contributed by atoms with E-state index in [4.69, 9.17) is 0 Å². The molecule has 0 unspecified atom stereocenters. The van der Waals surface area contributed by atoms with Crippen LogP contribution in [0.15, 0.2) is 188 Å². The molecule has 1 nitrogen and oxygen atoms in total. The standard InChI is InChI=1S/C65H63N.C2H6/c1-8-18-47-22-12-13-26-56(47)63-44(2)19-16-27-57(63)48-31-37-53(38-32-48)66(54-24-17-23-49(41-54)45-20-10-9-11-21-45)62-28-15-14-25-55(62)51-34-40-60-59(42-51)58-39-33-50(43-61(58)65(60,6)7)46-29-35-52(36-30-46)64(3,4)5;1-2/h10,12-17,19-33,35-39,41-43H,8-9,11,18,34,40H2,1-7H3;1-2H3. The topological polar surface area (TPSA) is 3.24 Å². The molecule has 0 radical (unpaired) electrons. The SMILES string of the molecule is CC.CCCc1ccccc1-c1c(C)cccc1-c1ccc(N(c2cccc(C3=CCCC=C3)c2)c2ccccc2C2=CC3=C(CC2)C(C)(C)c2cc(-c4ccc(C(C)(C)C)cc4)ccc23)cc1. The van der Waals surface area contributed by atoms with E-state index in [0.29, 0.717) is 0 Å². The molecule has 1 heteroatoms. The molecular weight excluding hydrogens is 819 g/mol. The number of rotatable bonds is 10. The molecule has 68 heavy (non-hydrogen) atoms. The maximum atomic E-state index is 2.54. The Balaban J connectivity index is 0.00000285. The largest absolute Gasteiger partial charge is 0.310 e. The molecule has 0 N–H and O–H groups in total. The van der Waals surface area contributed by atoms with Crippen molar-refractivity contribution in [3.05, 3.63) is 227 Å². The van der Waals surface area contributed by atoms with Crippen LogP contribution in [0.25, 0.3) is 50.1 Å². The molecular formula is C67H69N. The number of para-hydroxylation sites is 1. The van der Waals surface area contributed by atoms with Crippen LogP contribution in [0.5, 0.6) is 0 Å². The van der Waals surface area contributed by atoms with E-state index in [1.165, 1.54) is 94.7 Å². The summed E-state index contributed by atoms with van der Waals surface area (Å²) in [6.07, 6.45) is 15.9. The Labute approximate surface area is 408 Å². The predicted octanol–water partition coefficient (Wildman–Crippen LogP) is 19.4. The van der Waals surface area contributed by atoms with Gasteiger partial charge in [0.1, 0.15) is 0 Å². The molecule has 0 amide bonds. The Morgan fingerprint density at radius 2 is 1.28 bits per heavy atom. The van der Waals surface area contributed by atoms with Gasteiger partial charge in [0.25, 0.3) is 0 Å². The zero-order chi connectivity index (χ0) is 47.6. The predicted molar refractivity (Wildman–Crippen MR) is 296 cm³/mol. The van der Waals surface area contributed by atoms with Gasteiger partial charge in [-0.15, -0.1) is 0 Å². The smallest absolute Gasteiger partial charge is 0.0536 e. The van der Waals surface area contributed by atoms with Crippen molar-refractivity contribution in [3.63, 3.8) is 0 Å². The Morgan fingerprint density at radius 3 is 2.01 bits per heavy atom. The van der Waals surface area contributed by atoms with Gasteiger partial charge < -0.3 is 4.90 Å². The van der Waals surface area contributed by atoms with Crippen molar-refractivity contribution in [3.8, 4) is 33.4 Å². The Bertz CT molecular complexity index is 3080. The lowest BCUT2D eigenvalue weighted by molar-refractivity contribution is 0.590. The summed E-state index contributed by atoms with van der Waals surface area (Å²) in [5, 5.41) is 0. The van der Waals surface area contributed by atoms with Crippen LogP contribution < -0.4 is 4.90 Å². The number of anilines is 3. The number of hydrogen-bond donors (Lipinski definition) is 0. The summed E-state index contributed by atoms with van der Waals surface area (Å²) >= 11 is 0. The number of hydrogen-bond acceptors (Lipinski definition) is 1. The van der Waals surface area contributed by atoms with Crippen LogP contribution in [0.2, 0.25) is 0 Å². The van der Waals surface area contributed by atoms with Gasteiger partial charge in [-0.25, -0.2) is 0 Å². The van der Waals surface area contributed by atoms with E-state index in [0.717, 1.165) is 49.9 Å². The second-order valence-corrected chi connectivity index (χ2v) is 20.3. The number of benzene rings is 7. The fourth-order valence-electron chi connectivity index (χ4n) is 11.0. The maximum Gasteiger partial charge on any atom is 0.0536 e. The first-order valence-corrected chi connectivity index (χ1v) is 25.3. The summed E-state index contributed by atoms with van der Waals surface area (Å²) in [6.45, 7) is 20.3. The normalized spacial score (nSPS) is 14.9. The summed E-state index contributed by atoms with van der Waals surface area (Å²) in [7, 11) is 0. The van der Waals surface area contributed by atoms with Crippen molar-refractivity contribution in [2.24, 2.45) is 0 Å². The molecule has 0 heterocycles. The van der Waals surface area contributed by atoms with Gasteiger partial charge in [0.15, 0.2) is 0 Å². The highest BCUT2D eigenvalue weighted by Crippen LogP contribution is 2.54. The minimum absolute atomic E-state index is 0.0424. The lowest BCUT2D eigenvalue weighted by Gasteiger charge is -2.31. The molecule has 0 aromatic heterocycles. The van der Waals surface area contributed by atoms with Gasteiger partial charge in [-0.05, 0) is 164 Å². The summed E-state index contributed by atoms with van der Waals surface area (Å²) < 4.78 is 0. The van der Waals surface area contributed by atoms with E-state index in [1.54, 1.807) is 5.57 Å². The van der Waals surface area contributed by atoms with E-state index < -0.39 is 0 Å². The molecule has 7 aromatic carbocycles. The third kappa shape index (κ3) is 8.92. The fourth-order valence-corrected chi connectivity index (χ4v) is 11.0. The van der Waals surface area contributed by atoms with Crippen molar-refractivity contribution in [2.45, 2.75) is 112 Å². The Hall–Kier alpha value is -6.70. The van der Waals surface area contributed by atoms with Gasteiger partial charge in [0.05, 0.1) is 5.69 Å². The van der Waals surface area contributed by atoms with Crippen LogP contribution in [0.1, 0.15) is 126 Å². The van der Waals surface area contributed by atoms with Crippen LogP contribution in [0, 0.1) is 6.92 Å². The second-order valence-electron chi connectivity index (χ2n) is 20.3. The Morgan fingerprint density at radius 1 is 0.588 bits per heavy atom. The minimum Gasteiger partial charge on any atom is -0.310 e. The Kier molecular flexibility index (Phi) is 13.3. The van der Waals surface area contributed by atoms with E-state index in [9.17, 15) is 0 Å². The highest BCUT2D eigenvalue weighted by atomic mass is 15.1. The molecule has 0 saturated heterocycles. The van der Waals surface area contributed by atoms with Crippen LogP contribution in [-0.4, -0.2) is 0 Å². The summed E-state index contributed by atoms with van der Waals surface area (Å²) in [6, 6.07) is 59.8. The monoisotopic (exact) mass is 888 g/mol. The quantitative estimate of drug-likeness (QED) is 0.132. The van der Waals surface area contributed by atoms with E-state index in [2.05, 4.69) is 235 Å². The van der Waals surface area contributed by atoms with Gasteiger partial charge in [0.2, 0.25) is 0 Å². The van der Waals surface area contributed by atoms with Gasteiger partial charge in [-0.1, -0.05) is 213 Å². The fraction of sp³-hybridized carbons (Fsp3) is 0.254. The van der Waals surface area contributed by atoms with Gasteiger partial charge in [0, 0.05) is 22.4 Å². The van der Waals surface area contributed by atoms with Gasteiger partial charge in [-0.3, -0.25) is 0 Å². The number of fused-ring (bicyclic) bond motifs is 2. The maximum absolute atomic E-state index is 2.54. The van der Waals surface area contributed by atoms with E-state index >= 15 is 0 Å². The average Bonchev–Trinajstić information content (AvgIpc) is 3.60. The van der Waals surface area contributed by atoms with E-state index in [-0.39, 0.29) is 10.8 Å². The molecule has 3 aliphatic carbocycles. The lowest BCUT2D eigenvalue weighted by atomic mass is 9.76. The van der Waals surface area contributed by atoms with Gasteiger partial charge >= 0.3 is 0 Å². The van der Waals surface area contributed by atoms with E-state index in [1.807, 2.05) is 13.8 Å². The first-order valence-electron chi connectivity index (χ1n) is 25.3. The van der Waals surface area contributed by atoms with Crippen LogP contribution in [0.3, 0.4) is 0 Å². The first-order chi connectivity index (χ1) is 33.0. The summed E-state index contributed by atoms with van der Waals surface area (Å²) in [4.78, 5) is 2.50. The molecule has 0 saturated carbocycles. The molecule has 0 fully saturated rings. The number of aryl methyl sites for hydroxylation is 2. The zero-order valence-electron chi connectivity index (χ0n) is 42.0. The molecule has 3 aliphatic rings. The minimum atomic E-state index is -0.0424. The van der Waals surface area contributed by atoms with Gasteiger partial charge in [-0.2, -0.15) is 0 Å². The molecule has 0 atom stereocenters. The molecule has 10 rings (SSSR count). The highest BCUT2D eigenvalue weighted by molar-refractivity contribution is 5.97. The number of allylic oxidation sites excluding steroid dienone is 8. The first kappa shape index (κ1) is 46.4. The van der Waals surface area contributed by atoms with Crippen LogP contribution in [-0.2, 0) is 17.3 Å². The van der Waals surface area contributed by atoms with Crippen molar-refractivity contribution in [1.82, 2.24) is 0 Å². The van der Waals surface area contributed by atoms with Crippen LogP contribution in [0.4, 0.5) is 17.1 Å². The van der Waals surface area contributed by atoms with Crippen molar-refractivity contribution in [1.29, 1.82) is 0 Å². The third-order valence-corrected chi connectivity index (χ3v) is 14.5. The molecule has 0 spiro atoms. The molecule has 342 valence electrons. The van der Waals surface area contributed by atoms with Crippen molar-refractivity contribution >= 4 is 33.8 Å². The second kappa shape index (κ2) is 19.5. The summed E-state index contributed by atoms with van der Waals surface area (Å²) in [5.74, 6) is 0. The lowest BCUT2D eigenvalue weighted by Crippen LogP contribution is -2.18. The van der Waals surface area contributed by atoms with Crippen LogP contribution >= 0.6 is 0 Å². The van der Waals surface area contributed by atoms with Crippen molar-refractivity contribution < 1.29 is 0 Å². The average molecular weight is 888 g/mol. The highest BCUT2D eigenvalue weighted by Gasteiger charge is 2.39. The molecule has 0 aliphatic heterocycles. The third-order valence-electron chi connectivity index (χ3n) is 14.5. The molecule has 0 bridgehead atoms. The summed E-state index contributed by atoms with van der Waals surface area (Å²) in [5.41, 5.74) is 26.4. The van der Waals surface area contributed by atoms with Crippen molar-refractivity contribution in [2.75, 3.05) is 4.90 Å².